The first-order valence-electron chi connectivity index (χ1n) is 10.2. The summed E-state index contributed by atoms with van der Waals surface area (Å²) in [5.41, 5.74) is 0.744. The molecule has 0 aliphatic heterocycles. The van der Waals surface area contributed by atoms with Crippen molar-refractivity contribution in [2.24, 2.45) is 28.6 Å². The third kappa shape index (κ3) is 4.15. The molecule has 0 heterocycles. The molecule has 0 radical (unpaired) electrons. The Morgan fingerprint density at radius 1 is 1.31 bits per heavy atom. The second-order valence-corrected chi connectivity index (χ2v) is 9.20. The van der Waals surface area contributed by atoms with Crippen LogP contribution in [0.25, 0.3) is 0 Å². The Morgan fingerprint density at radius 2 is 2.00 bits per heavy atom. The molecule has 0 amide bonds. The van der Waals surface area contributed by atoms with Gasteiger partial charge in [0, 0.05) is 6.92 Å². The minimum absolute atomic E-state index is 0.0380. The molecule has 1 N–H and O–H groups in total. The number of esters is 1. The summed E-state index contributed by atoms with van der Waals surface area (Å²) in [6.07, 6.45) is 7.80. The second kappa shape index (κ2) is 8.14. The van der Waals surface area contributed by atoms with E-state index >= 15 is 0 Å². The monoisotopic (exact) mass is 364 g/mol. The molecule has 0 bridgehead atoms. The quantitative estimate of drug-likeness (QED) is 0.497. The lowest BCUT2D eigenvalue weighted by molar-refractivity contribution is -0.164. The van der Waals surface area contributed by atoms with Crippen LogP contribution in [0.5, 0.6) is 0 Å². The van der Waals surface area contributed by atoms with E-state index < -0.39 is 11.4 Å². The third-order valence-electron chi connectivity index (χ3n) is 7.37. The Morgan fingerprint density at radius 3 is 2.62 bits per heavy atom. The van der Waals surface area contributed by atoms with Gasteiger partial charge in [0.05, 0.1) is 12.0 Å². The SMILES string of the molecule is C=C1CC[C@@H]2[C@](C)(CCC[C@@]2(C)C(=O)O)[C@@H]1CC[C@H](C)CCOC(C)=O. The molecule has 0 saturated heterocycles. The van der Waals surface area contributed by atoms with Crippen LogP contribution in [-0.4, -0.2) is 23.7 Å². The number of hydrogen-bond acceptors (Lipinski definition) is 3. The number of carboxylic acids is 1. The van der Waals surface area contributed by atoms with Gasteiger partial charge in [0.15, 0.2) is 0 Å². The maximum Gasteiger partial charge on any atom is 0.309 e. The maximum atomic E-state index is 12.0. The number of carboxylic acid groups (broad SMARTS) is 1. The molecular formula is C22H36O4. The van der Waals surface area contributed by atoms with E-state index in [1.165, 1.54) is 12.5 Å². The van der Waals surface area contributed by atoms with Crippen LogP contribution in [-0.2, 0) is 14.3 Å². The van der Waals surface area contributed by atoms with Gasteiger partial charge < -0.3 is 9.84 Å². The Hall–Kier alpha value is -1.32. The van der Waals surface area contributed by atoms with Crippen molar-refractivity contribution in [1.82, 2.24) is 0 Å². The predicted octanol–water partition coefficient (Wildman–Crippen LogP) is 5.22. The number of ether oxygens (including phenoxy) is 1. The number of fused-ring (bicyclic) bond motifs is 1. The molecule has 0 unspecified atom stereocenters. The smallest absolute Gasteiger partial charge is 0.309 e. The molecule has 5 atom stereocenters. The van der Waals surface area contributed by atoms with Gasteiger partial charge in [-0.25, -0.2) is 0 Å². The number of carbonyl (C=O) groups excluding carboxylic acids is 1. The number of hydrogen-bond donors (Lipinski definition) is 1. The topological polar surface area (TPSA) is 63.6 Å². The summed E-state index contributed by atoms with van der Waals surface area (Å²) in [4.78, 5) is 22.9. The highest BCUT2D eigenvalue weighted by atomic mass is 16.5. The van der Waals surface area contributed by atoms with E-state index in [9.17, 15) is 14.7 Å². The molecule has 2 aliphatic rings. The largest absolute Gasteiger partial charge is 0.481 e. The van der Waals surface area contributed by atoms with Crippen LogP contribution in [0.3, 0.4) is 0 Å². The fourth-order valence-electron chi connectivity index (χ4n) is 5.74. The molecule has 4 heteroatoms. The van der Waals surface area contributed by atoms with Crippen LogP contribution in [0.15, 0.2) is 12.2 Å². The molecule has 2 fully saturated rings. The summed E-state index contributed by atoms with van der Waals surface area (Å²) in [7, 11) is 0. The average molecular weight is 365 g/mol. The number of aliphatic carboxylic acids is 1. The average Bonchev–Trinajstić information content (AvgIpc) is 2.53. The first-order valence-corrected chi connectivity index (χ1v) is 10.2. The highest BCUT2D eigenvalue weighted by Gasteiger charge is 2.57. The normalized spacial score (nSPS) is 35.5. The van der Waals surface area contributed by atoms with Crippen LogP contribution < -0.4 is 0 Å². The summed E-state index contributed by atoms with van der Waals surface area (Å²) in [5, 5.41) is 9.90. The van der Waals surface area contributed by atoms with E-state index in [0.29, 0.717) is 18.4 Å². The molecule has 0 aromatic heterocycles. The Labute approximate surface area is 158 Å². The molecule has 2 saturated carbocycles. The van der Waals surface area contributed by atoms with Gasteiger partial charge in [0.25, 0.3) is 0 Å². The van der Waals surface area contributed by atoms with E-state index in [1.807, 2.05) is 6.92 Å². The molecular weight excluding hydrogens is 328 g/mol. The van der Waals surface area contributed by atoms with Crippen molar-refractivity contribution in [3.63, 3.8) is 0 Å². The van der Waals surface area contributed by atoms with E-state index in [-0.39, 0.29) is 17.3 Å². The van der Waals surface area contributed by atoms with Crippen LogP contribution in [0, 0.1) is 28.6 Å². The van der Waals surface area contributed by atoms with Gasteiger partial charge in [-0.15, -0.1) is 0 Å². The molecule has 0 aromatic rings. The van der Waals surface area contributed by atoms with Gasteiger partial charge >= 0.3 is 11.9 Å². The van der Waals surface area contributed by atoms with E-state index in [2.05, 4.69) is 20.4 Å². The molecule has 148 valence electrons. The van der Waals surface area contributed by atoms with Crippen molar-refractivity contribution < 1.29 is 19.4 Å². The van der Waals surface area contributed by atoms with Gasteiger partial charge in [-0.3, -0.25) is 9.59 Å². The molecule has 0 aromatic carbocycles. The fraction of sp³-hybridized carbons (Fsp3) is 0.818. The zero-order valence-electron chi connectivity index (χ0n) is 17.0. The van der Waals surface area contributed by atoms with Crippen molar-refractivity contribution in [2.45, 2.75) is 79.1 Å². The fourth-order valence-corrected chi connectivity index (χ4v) is 5.74. The minimum Gasteiger partial charge on any atom is -0.481 e. The Kier molecular flexibility index (Phi) is 6.57. The number of allylic oxidation sites excluding steroid dienone is 1. The van der Waals surface area contributed by atoms with Crippen molar-refractivity contribution in [3.05, 3.63) is 12.2 Å². The van der Waals surface area contributed by atoms with Crippen LogP contribution in [0.1, 0.15) is 79.1 Å². The maximum absolute atomic E-state index is 12.0. The number of carbonyl (C=O) groups is 2. The van der Waals surface area contributed by atoms with Crippen LogP contribution in [0.2, 0.25) is 0 Å². The second-order valence-electron chi connectivity index (χ2n) is 9.20. The van der Waals surface area contributed by atoms with Gasteiger partial charge in [-0.1, -0.05) is 32.4 Å². The zero-order chi connectivity index (χ0) is 19.5. The predicted molar refractivity (Wildman–Crippen MR) is 103 cm³/mol. The Balaban J connectivity index is 2.06. The van der Waals surface area contributed by atoms with Gasteiger partial charge in [0.2, 0.25) is 0 Å². The molecule has 2 aliphatic carbocycles. The van der Waals surface area contributed by atoms with Crippen molar-refractivity contribution >= 4 is 11.9 Å². The highest BCUT2D eigenvalue weighted by molar-refractivity contribution is 5.75. The van der Waals surface area contributed by atoms with E-state index in [1.54, 1.807) is 0 Å². The first kappa shape index (κ1) is 21.0. The van der Waals surface area contributed by atoms with Crippen LogP contribution >= 0.6 is 0 Å². The highest BCUT2D eigenvalue weighted by Crippen LogP contribution is 2.62. The summed E-state index contributed by atoms with van der Waals surface area (Å²) in [6, 6.07) is 0. The first-order chi connectivity index (χ1) is 12.1. The summed E-state index contributed by atoms with van der Waals surface area (Å²) in [5.74, 6) is 0.267. The molecule has 26 heavy (non-hydrogen) atoms. The van der Waals surface area contributed by atoms with Crippen molar-refractivity contribution in [1.29, 1.82) is 0 Å². The standard InChI is InChI=1S/C22H36O4/c1-15(11-14-26-17(3)23)7-9-18-16(2)8-10-19-21(18,4)12-6-13-22(19,5)20(24)25/h15,18-19H,2,6-14H2,1,3-5H3,(H,24,25)/t15-,18+,19+,21+,22+/m0/s1. The van der Waals surface area contributed by atoms with Crippen LogP contribution in [0.4, 0.5) is 0 Å². The van der Waals surface area contributed by atoms with Gasteiger partial charge in [-0.2, -0.15) is 0 Å². The lowest BCUT2D eigenvalue weighted by atomic mass is 9.46. The zero-order valence-corrected chi connectivity index (χ0v) is 17.0. The summed E-state index contributed by atoms with van der Waals surface area (Å²) < 4.78 is 5.06. The summed E-state index contributed by atoms with van der Waals surface area (Å²) in [6.45, 7) is 12.8. The Bertz CT molecular complexity index is 554. The van der Waals surface area contributed by atoms with Gasteiger partial charge in [-0.05, 0) is 75.0 Å². The third-order valence-corrected chi connectivity index (χ3v) is 7.37. The van der Waals surface area contributed by atoms with E-state index in [4.69, 9.17) is 4.74 Å². The van der Waals surface area contributed by atoms with E-state index in [0.717, 1.165) is 51.4 Å². The van der Waals surface area contributed by atoms with Gasteiger partial charge in [0.1, 0.15) is 0 Å². The minimum atomic E-state index is -0.630. The van der Waals surface area contributed by atoms with Crippen molar-refractivity contribution in [2.75, 3.05) is 6.61 Å². The summed E-state index contributed by atoms with van der Waals surface area (Å²) >= 11 is 0. The van der Waals surface area contributed by atoms with Crippen molar-refractivity contribution in [3.8, 4) is 0 Å². The number of rotatable bonds is 7. The lowest BCUT2D eigenvalue weighted by Gasteiger charge is -2.57. The molecule has 4 nitrogen and oxygen atoms in total. The lowest BCUT2D eigenvalue weighted by Crippen LogP contribution is -2.53. The molecule has 2 rings (SSSR count). The molecule has 0 spiro atoms.